The molecule has 0 aromatic heterocycles. The fraction of sp³-hybridized carbons (Fsp3) is 0.238. The van der Waals surface area contributed by atoms with Crippen LogP contribution in [-0.2, 0) is 0 Å². The summed E-state index contributed by atoms with van der Waals surface area (Å²) in [5.74, 6) is -0.120. The van der Waals surface area contributed by atoms with Crippen LogP contribution >= 0.6 is 0 Å². The third-order valence-electron chi connectivity index (χ3n) is 4.92. The summed E-state index contributed by atoms with van der Waals surface area (Å²) >= 11 is 0. The molecule has 0 unspecified atom stereocenters. The summed E-state index contributed by atoms with van der Waals surface area (Å²) in [6.45, 7) is 5.24. The predicted octanol–water partition coefficient (Wildman–Crippen LogP) is 3.08. The van der Waals surface area contributed by atoms with E-state index >= 15 is 0 Å². The van der Waals surface area contributed by atoms with Gasteiger partial charge in [-0.15, -0.1) is 0 Å². The quantitative estimate of drug-likeness (QED) is 0.847. The summed E-state index contributed by atoms with van der Waals surface area (Å²) in [6.07, 6.45) is 1.51. The highest BCUT2D eigenvalue weighted by atomic mass is 16.1. The van der Waals surface area contributed by atoms with Gasteiger partial charge in [-0.05, 0) is 24.6 Å². The number of carbonyl (C=O) groups excluding carboxylic acids is 2. The highest BCUT2D eigenvalue weighted by Crippen LogP contribution is 2.25. The smallest absolute Gasteiger partial charge is 0.209 e. The van der Waals surface area contributed by atoms with Crippen LogP contribution in [0, 0.1) is 6.92 Å². The largest absolute Gasteiger partial charge is 0.368 e. The first kappa shape index (κ1) is 15.6. The van der Waals surface area contributed by atoms with Gasteiger partial charge in [0, 0.05) is 49.1 Å². The monoisotopic (exact) mass is 332 g/mol. The Labute approximate surface area is 147 Å². The molecule has 0 radical (unpaired) electrons. The third-order valence-corrected chi connectivity index (χ3v) is 4.92. The van der Waals surface area contributed by atoms with E-state index in [1.165, 1.54) is 17.3 Å². The molecule has 126 valence electrons. The average Bonchev–Trinajstić information content (AvgIpc) is 2.65. The summed E-state index contributed by atoms with van der Waals surface area (Å²) in [5.41, 5.74) is 4.02. The van der Waals surface area contributed by atoms with Gasteiger partial charge < -0.3 is 9.80 Å². The summed E-state index contributed by atoms with van der Waals surface area (Å²) in [5, 5.41) is 0. The van der Waals surface area contributed by atoms with E-state index in [-0.39, 0.29) is 11.6 Å². The number of piperazine rings is 1. The summed E-state index contributed by atoms with van der Waals surface area (Å²) in [6, 6.07) is 15.5. The maximum atomic E-state index is 12.8. The number of Topliss-reactive ketones (excluding diaryl/α,β-unsaturated/α-hetero) is 1. The van der Waals surface area contributed by atoms with Gasteiger partial charge in [0.2, 0.25) is 5.78 Å². The van der Waals surface area contributed by atoms with Crippen molar-refractivity contribution in [1.82, 2.24) is 4.90 Å². The molecular weight excluding hydrogens is 312 g/mol. The van der Waals surface area contributed by atoms with E-state index in [4.69, 9.17) is 0 Å². The molecule has 25 heavy (non-hydrogen) atoms. The average molecular weight is 332 g/mol. The van der Waals surface area contributed by atoms with Crippen LogP contribution in [0.5, 0.6) is 0 Å². The summed E-state index contributed by atoms with van der Waals surface area (Å²) in [4.78, 5) is 29.5. The zero-order valence-electron chi connectivity index (χ0n) is 14.2. The molecule has 1 heterocycles. The summed E-state index contributed by atoms with van der Waals surface area (Å²) < 4.78 is 0. The van der Waals surface area contributed by atoms with Gasteiger partial charge in [0.1, 0.15) is 0 Å². The van der Waals surface area contributed by atoms with Crippen LogP contribution in [0.2, 0.25) is 0 Å². The topological polar surface area (TPSA) is 40.6 Å². The van der Waals surface area contributed by atoms with Gasteiger partial charge in [-0.25, -0.2) is 0 Å². The molecular formula is C21H20N2O2. The lowest BCUT2D eigenvalue weighted by Crippen LogP contribution is -2.47. The Morgan fingerprint density at radius 1 is 0.800 bits per heavy atom. The van der Waals surface area contributed by atoms with E-state index in [9.17, 15) is 9.59 Å². The van der Waals surface area contributed by atoms with Gasteiger partial charge in [0.25, 0.3) is 0 Å². The fourth-order valence-corrected chi connectivity index (χ4v) is 3.57. The number of ketones is 2. The first-order valence-electron chi connectivity index (χ1n) is 8.60. The second-order valence-electron chi connectivity index (χ2n) is 6.58. The Kier molecular flexibility index (Phi) is 3.88. The van der Waals surface area contributed by atoms with Crippen molar-refractivity contribution in [3.63, 3.8) is 0 Å². The van der Waals surface area contributed by atoms with E-state index in [0.29, 0.717) is 16.8 Å². The molecule has 4 heteroatoms. The van der Waals surface area contributed by atoms with Crippen LogP contribution in [0.1, 0.15) is 26.3 Å². The summed E-state index contributed by atoms with van der Waals surface area (Å²) in [7, 11) is 0. The third kappa shape index (κ3) is 2.84. The number of benzene rings is 2. The second-order valence-corrected chi connectivity index (χ2v) is 6.58. The molecule has 0 atom stereocenters. The van der Waals surface area contributed by atoms with Gasteiger partial charge >= 0.3 is 0 Å². The van der Waals surface area contributed by atoms with Crippen molar-refractivity contribution in [3.8, 4) is 0 Å². The molecule has 4 nitrogen and oxygen atoms in total. The van der Waals surface area contributed by atoms with Crippen molar-refractivity contribution >= 4 is 17.3 Å². The molecule has 0 N–H and O–H groups in total. The van der Waals surface area contributed by atoms with Crippen LogP contribution in [0.15, 0.2) is 60.3 Å². The Morgan fingerprint density at radius 3 is 2.20 bits per heavy atom. The lowest BCUT2D eigenvalue weighted by Gasteiger charge is -2.38. The molecule has 1 saturated heterocycles. The van der Waals surface area contributed by atoms with E-state index in [0.717, 1.165) is 26.2 Å². The fourth-order valence-electron chi connectivity index (χ4n) is 3.57. The van der Waals surface area contributed by atoms with Gasteiger partial charge in [0.05, 0.1) is 5.70 Å². The molecule has 0 saturated carbocycles. The van der Waals surface area contributed by atoms with Crippen molar-refractivity contribution in [2.45, 2.75) is 6.92 Å². The number of nitrogens with zero attached hydrogens (tertiary/aromatic N) is 2. The highest BCUT2D eigenvalue weighted by molar-refractivity contribution is 6.24. The van der Waals surface area contributed by atoms with Crippen LogP contribution in [0.25, 0.3) is 0 Å². The van der Waals surface area contributed by atoms with E-state index in [1.54, 1.807) is 18.2 Å². The van der Waals surface area contributed by atoms with Crippen LogP contribution in [0.3, 0.4) is 0 Å². The molecule has 2 aromatic rings. The van der Waals surface area contributed by atoms with Gasteiger partial charge in [-0.1, -0.05) is 36.4 Å². The van der Waals surface area contributed by atoms with Crippen LogP contribution in [0.4, 0.5) is 5.69 Å². The molecule has 1 aliphatic heterocycles. The molecule has 2 aliphatic rings. The van der Waals surface area contributed by atoms with Gasteiger partial charge in [-0.2, -0.15) is 0 Å². The SMILES string of the molecule is Cc1cccc(N2CCN(C3=CC(=O)c4ccccc4C3=O)CC2)c1. The number of hydrogen-bond acceptors (Lipinski definition) is 4. The Bertz CT molecular complexity index is 877. The standard InChI is InChI=1S/C21H20N2O2/c1-15-5-4-6-16(13-15)22-9-11-23(12-10-22)19-14-20(24)17-7-2-3-8-18(17)21(19)25/h2-8,13-14H,9-12H2,1H3. The molecule has 1 fully saturated rings. The highest BCUT2D eigenvalue weighted by Gasteiger charge is 2.30. The minimum absolute atomic E-state index is 0.0424. The van der Waals surface area contributed by atoms with E-state index in [1.807, 2.05) is 11.0 Å². The molecule has 2 aromatic carbocycles. The number of carbonyl (C=O) groups is 2. The number of anilines is 1. The molecule has 0 amide bonds. The van der Waals surface area contributed by atoms with Gasteiger partial charge in [-0.3, -0.25) is 9.59 Å². The first-order chi connectivity index (χ1) is 12.1. The van der Waals surface area contributed by atoms with Gasteiger partial charge in [0.15, 0.2) is 5.78 Å². The number of aryl methyl sites for hydroxylation is 1. The van der Waals surface area contributed by atoms with Crippen LogP contribution < -0.4 is 4.90 Å². The predicted molar refractivity (Wildman–Crippen MR) is 98.2 cm³/mol. The number of hydrogen-bond donors (Lipinski definition) is 0. The second kappa shape index (κ2) is 6.20. The molecule has 0 spiro atoms. The van der Waals surface area contributed by atoms with E-state index < -0.39 is 0 Å². The molecule has 1 aliphatic carbocycles. The molecule has 0 bridgehead atoms. The minimum Gasteiger partial charge on any atom is -0.368 e. The maximum Gasteiger partial charge on any atom is 0.209 e. The Balaban J connectivity index is 1.52. The van der Waals surface area contributed by atoms with Crippen molar-refractivity contribution in [1.29, 1.82) is 0 Å². The normalized spacial score (nSPS) is 17.4. The lowest BCUT2D eigenvalue weighted by atomic mass is 9.92. The van der Waals surface area contributed by atoms with Crippen molar-refractivity contribution in [3.05, 3.63) is 77.0 Å². The minimum atomic E-state index is -0.0775. The number of rotatable bonds is 2. The van der Waals surface area contributed by atoms with Crippen molar-refractivity contribution < 1.29 is 9.59 Å². The lowest BCUT2D eigenvalue weighted by molar-refractivity contribution is 0.0948. The van der Waals surface area contributed by atoms with Crippen molar-refractivity contribution in [2.75, 3.05) is 31.1 Å². The number of allylic oxidation sites excluding steroid dienone is 2. The zero-order chi connectivity index (χ0) is 17.4. The zero-order valence-corrected chi connectivity index (χ0v) is 14.2. The van der Waals surface area contributed by atoms with Crippen molar-refractivity contribution in [2.24, 2.45) is 0 Å². The van der Waals surface area contributed by atoms with Crippen LogP contribution in [-0.4, -0.2) is 42.6 Å². The Hall–Kier alpha value is -2.88. The number of fused-ring (bicyclic) bond motifs is 1. The first-order valence-corrected chi connectivity index (χ1v) is 8.60. The Morgan fingerprint density at radius 2 is 1.48 bits per heavy atom. The maximum absolute atomic E-state index is 12.8. The van der Waals surface area contributed by atoms with E-state index in [2.05, 4.69) is 36.1 Å². The molecule has 4 rings (SSSR count).